The van der Waals surface area contributed by atoms with Crippen LogP contribution < -0.4 is 0 Å². The highest BCUT2D eigenvalue weighted by Gasteiger charge is 2.00. The number of hydrogen-bond acceptors (Lipinski definition) is 0. The molecule has 26 heavy (non-hydrogen) atoms. The molecule has 0 saturated heterocycles. The zero-order valence-electron chi connectivity index (χ0n) is 14.8. The van der Waals surface area contributed by atoms with Gasteiger partial charge in [-0.25, -0.2) is 0 Å². The predicted octanol–water partition coefficient (Wildman–Crippen LogP) is 7.80. The van der Waals surface area contributed by atoms with Gasteiger partial charge in [-0.1, -0.05) is 82.7 Å². The number of aromatic nitrogens is 1. The third-order valence-corrected chi connectivity index (χ3v) is 3.15. The Labute approximate surface area is 157 Å². The first-order valence-electron chi connectivity index (χ1n) is 8.14. The van der Waals surface area contributed by atoms with Crippen molar-refractivity contribution >= 4 is 24.5 Å². The van der Waals surface area contributed by atoms with Gasteiger partial charge in [-0.05, 0) is 35.1 Å². The van der Waals surface area contributed by atoms with E-state index in [9.17, 15) is 4.32 Å². The molecule has 4 rings (SSSR count). The molecular weight excluding hydrogens is 334 g/mol. The van der Waals surface area contributed by atoms with E-state index in [1.165, 1.54) is 28.9 Å². The number of nitrogens with one attached hydrogen (secondary N) is 1. The minimum atomic E-state index is 0. The van der Waals surface area contributed by atoms with Gasteiger partial charge in [-0.15, -0.1) is 0 Å². The normalized spacial score (nSPS) is 9.31. The van der Waals surface area contributed by atoms with Crippen molar-refractivity contribution in [2.75, 3.05) is 0 Å². The van der Waals surface area contributed by atoms with Gasteiger partial charge in [-0.3, -0.25) is 0 Å². The molecule has 0 unspecified atom stereocenters. The second-order valence-corrected chi connectivity index (χ2v) is 4.59. The topological polar surface area (TPSA) is 15.8 Å². The van der Waals surface area contributed by atoms with Crippen molar-refractivity contribution in [1.29, 1.82) is 0 Å². The highest BCUT2D eigenvalue weighted by atomic mass is 20.0. The molecule has 0 bridgehead atoms. The molecule has 1 aromatic heterocycles. The first-order chi connectivity index (χ1) is 12.3. The van der Waals surface area contributed by atoms with E-state index >= 15 is 0 Å². The molecule has 1 N–H and O–H groups in total. The minimum absolute atomic E-state index is 0. The molecule has 1 nitrogen and oxygen atoms in total. The molecule has 0 spiro atoms. The number of fused-ring (bicyclic) bond motifs is 2. The van der Waals surface area contributed by atoms with Crippen LogP contribution in [0.4, 0.5) is 13.5 Å². The molecule has 0 aliphatic heterocycles. The quantitative estimate of drug-likeness (QED) is 0.392. The van der Waals surface area contributed by atoms with Crippen molar-refractivity contribution in [2.24, 2.45) is 0 Å². The van der Waals surface area contributed by atoms with Crippen LogP contribution in [-0.2, 0) is 6.42 Å². The standard InChI is InChI=1S/C9H8.C8H7N.C2H6.CH3BF.CH4.F2.H2/c1-2-5-9-7-3-6-8(9)4-1;1-2-4-8-7(3-1)5-6-9-8;1-2;1-2-3;;1-2;/h1-6H,7H2;1-6,9H;1-2H3;1H3;1H4;;1H. The van der Waals surface area contributed by atoms with Gasteiger partial charge in [0.2, 0.25) is 0 Å². The molecule has 1 aliphatic rings. The molecule has 0 saturated carbocycles. The zero-order chi connectivity index (χ0) is 18.9. The van der Waals surface area contributed by atoms with E-state index in [0.29, 0.717) is 7.56 Å². The summed E-state index contributed by atoms with van der Waals surface area (Å²) in [6.45, 7) is 5.33. The zero-order valence-corrected chi connectivity index (χ0v) is 14.8. The fourth-order valence-corrected chi connectivity index (χ4v) is 2.19. The summed E-state index contributed by atoms with van der Waals surface area (Å²) in [5.74, 6) is 0. The maximum Gasteiger partial charge on any atom is 0.351 e. The molecule has 1 radical (unpaired) electrons. The lowest BCUT2D eigenvalue weighted by molar-refractivity contribution is 0.108. The maximum absolute atomic E-state index is 10.2. The van der Waals surface area contributed by atoms with Gasteiger partial charge in [0, 0.05) is 22.3 Å². The molecule has 3 aromatic rings. The van der Waals surface area contributed by atoms with Crippen LogP contribution in [0.5, 0.6) is 0 Å². The first-order valence-corrected chi connectivity index (χ1v) is 8.14. The first kappa shape index (κ1) is 25.8. The number of benzene rings is 2. The van der Waals surface area contributed by atoms with Crippen LogP contribution in [0.15, 0.2) is 66.9 Å². The summed E-state index contributed by atoms with van der Waals surface area (Å²) < 4.78 is 26.2. The number of halogens is 3. The smallest absolute Gasteiger partial charge is 0.351 e. The number of para-hydroxylation sites is 1. The van der Waals surface area contributed by atoms with E-state index < -0.39 is 0 Å². The lowest BCUT2D eigenvalue weighted by atomic mass is 10.1. The Morgan fingerprint density at radius 2 is 1.54 bits per heavy atom. The van der Waals surface area contributed by atoms with E-state index in [1.807, 2.05) is 32.2 Å². The van der Waals surface area contributed by atoms with Crippen molar-refractivity contribution in [1.82, 2.24) is 4.98 Å². The third-order valence-electron chi connectivity index (χ3n) is 3.15. The Balaban J connectivity index is -0.000000306. The SMILES string of the molecule is C.C1=Cc2ccccc2C1.CC.C[B]F.FF.[HH].c1ccc2[nH]ccc2c1. The predicted molar refractivity (Wildman–Crippen MR) is 113 cm³/mol. The summed E-state index contributed by atoms with van der Waals surface area (Å²) in [4.78, 5) is 3.12. The molecule has 2 aromatic carbocycles. The van der Waals surface area contributed by atoms with E-state index in [2.05, 4.69) is 59.6 Å². The van der Waals surface area contributed by atoms with Crippen molar-refractivity contribution in [3.05, 3.63) is 78.0 Å². The van der Waals surface area contributed by atoms with Gasteiger partial charge in [0.15, 0.2) is 0 Å². The van der Waals surface area contributed by atoms with E-state index in [-0.39, 0.29) is 8.85 Å². The Morgan fingerprint density at radius 1 is 0.962 bits per heavy atom. The summed E-state index contributed by atoms with van der Waals surface area (Å²) in [7, 11) is 0.500. The van der Waals surface area contributed by atoms with Gasteiger partial charge >= 0.3 is 7.56 Å². The summed E-state index contributed by atoms with van der Waals surface area (Å²) in [6, 6.07) is 18.8. The fraction of sp³-hybridized carbons (Fsp3) is 0.238. The third kappa shape index (κ3) is 9.16. The number of hydrogen-bond donors (Lipinski definition) is 1. The number of rotatable bonds is 0. The van der Waals surface area contributed by atoms with Crippen LogP contribution in [0.25, 0.3) is 17.0 Å². The van der Waals surface area contributed by atoms with Crippen LogP contribution in [0, 0.1) is 0 Å². The number of aromatic amines is 1. The summed E-state index contributed by atoms with van der Waals surface area (Å²) in [6.07, 6.45) is 7.45. The van der Waals surface area contributed by atoms with Crippen molar-refractivity contribution in [3.63, 3.8) is 0 Å². The van der Waals surface area contributed by atoms with Crippen molar-refractivity contribution < 1.29 is 14.9 Å². The van der Waals surface area contributed by atoms with Crippen LogP contribution in [0.3, 0.4) is 0 Å². The maximum atomic E-state index is 10.2. The molecule has 1 aliphatic carbocycles. The molecule has 0 fully saturated rings. The minimum Gasteiger partial charge on any atom is -0.361 e. The van der Waals surface area contributed by atoms with Crippen LogP contribution >= 0.6 is 0 Å². The highest BCUT2D eigenvalue weighted by Crippen LogP contribution is 2.17. The second kappa shape index (κ2) is 17.4. The summed E-state index contributed by atoms with van der Waals surface area (Å²) >= 11 is 0. The highest BCUT2D eigenvalue weighted by molar-refractivity contribution is 6.23. The van der Waals surface area contributed by atoms with Gasteiger partial charge < -0.3 is 9.30 Å². The fourth-order valence-electron chi connectivity index (χ4n) is 2.19. The van der Waals surface area contributed by atoms with Crippen molar-refractivity contribution in [2.45, 2.75) is 34.5 Å². The Kier molecular flexibility index (Phi) is 17.3. The number of allylic oxidation sites excluding steroid dienone is 1. The number of H-pyrrole nitrogens is 1. The Bertz CT molecular complexity index is 687. The Hall–Kier alpha value is -2.43. The van der Waals surface area contributed by atoms with Crippen molar-refractivity contribution in [3.8, 4) is 0 Å². The Morgan fingerprint density at radius 3 is 2.15 bits per heavy atom. The summed E-state index contributed by atoms with van der Waals surface area (Å²) in [5.41, 5.74) is 4.05. The molecule has 0 amide bonds. The van der Waals surface area contributed by atoms with Gasteiger partial charge in [0.05, 0.1) is 0 Å². The molecule has 0 atom stereocenters. The van der Waals surface area contributed by atoms with Gasteiger partial charge in [-0.2, -0.15) is 0 Å². The average Bonchev–Trinajstić information content (AvgIpc) is 3.35. The molecular formula is C21H30BF3N. The largest absolute Gasteiger partial charge is 0.361 e. The van der Waals surface area contributed by atoms with Gasteiger partial charge in [0.25, 0.3) is 0 Å². The second-order valence-electron chi connectivity index (χ2n) is 4.59. The van der Waals surface area contributed by atoms with E-state index in [4.69, 9.17) is 9.15 Å². The summed E-state index contributed by atoms with van der Waals surface area (Å²) in [5, 5.41) is 1.28. The van der Waals surface area contributed by atoms with Gasteiger partial charge in [0.1, 0.15) is 0 Å². The van der Waals surface area contributed by atoms with E-state index in [1.54, 1.807) is 0 Å². The molecule has 1 heterocycles. The van der Waals surface area contributed by atoms with Crippen LogP contribution in [0.2, 0.25) is 6.82 Å². The van der Waals surface area contributed by atoms with Crippen LogP contribution in [-0.4, -0.2) is 12.5 Å². The lowest BCUT2D eigenvalue weighted by Crippen LogP contribution is -1.76. The molecule has 5 heteroatoms. The monoisotopic (exact) mass is 364 g/mol. The lowest BCUT2D eigenvalue weighted by Gasteiger charge is -1.93. The average molecular weight is 364 g/mol. The van der Waals surface area contributed by atoms with E-state index in [0.717, 1.165) is 6.42 Å². The molecule has 143 valence electrons. The van der Waals surface area contributed by atoms with Crippen LogP contribution in [0.1, 0.15) is 33.8 Å².